The third kappa shape index (κ3) is 2.44. The van der Waals surface area contributed by atoms with E-state index in [1.54, 1.807) is 0 Å². The van der Waals surface area contributed by atoms with E-state index in [1.165, 1.54) is 7.11 Å². The number of nitrogens with one attached hydrogen (secondary N) is 1. The monoisotopic (exact) mass is 215 g/mol. The summed E-state index contributed by atoms with van der Waals surface area (Å²) >= 11 is 0. The average molecular weight is 215 g/mol. The minimum atomic E-state index is -1.09. The summed E-state index contributed by atoms with van der Waals surface area (Å²) in [6.07, 6.45) is 0.240. The second kappa shape index (κ2) is 4.74. The molecular weight excluding hydrogens is 202 g/mol. The van der Waals surface area contributed by atoms with Crippen molar-refractivity contribution < 1.29 is 14.6 Å². The van der Waals surface area contributed by atoms with Crippen molar-refractivity contribution in [1.29, 1.82) is 0 Å². The van der Waals surface area contributed by atoms with Crippen molar-refractivity contribution >= 4 is 5.97 Å². The van der Waals surface area contributed by atoms with Crippen LogP contribution in [0.15, 0.2) is 4.79 Å². The zero-order valence-electron chi connectivity index (χ0n) is 8.56. The third-order valence-electron chi connectivity index (χ3n) is 2.02. The van der Waals surface area contributed by atoms with Crippen LogP contribution in [0.4, 0.5) is 0 Å². The van der Waals surface area contributed by atoms with Crippen LogP contribution in [-0.4, -0.2) is 33.0 Å². The van der Waals surface area contributed by atoms with Gasteiger partial charge in [-0.1, -0.05) is 6.92 Å². The molecule has 1 aromatic heterocycles. The highest BCUT2D eigenvalue weighted by atomic mass is 16.5. The van der Waals surface area contributed by atoms with Gasteiger partial charge in [-0.2, -0.15) is 5.10 Å². The van der Waals surface area contributed by atoms with Crippen molar-refractivity contribution in [2.45, 2.75) is 26.0 Å². The molecule has 0 bridgehead atoms. The lowest BCUT2D eigenvalue weighted by Gasteiger charge is -2.11. The Morgan fingerprint density at radius 1 is 1.73 bits per heavy atom. The van der Waals surface area contributed by atoms with Crippen molar-refractivity contribution in [3.63, 3.8) is 0 Å². The van der Waals surface area contributed by atoms with Gasteiger partial charge in [0, 0.05) is 7.11 Å². The van der Waals surface area contributed by atoms with E-state index >= 15 is 0 Å². The third-order valence-corrected chi connectivity index (χ3v) is 2.02. The van der Waals surface area contributed by atoms with E-state index in [0.29, 0.717) is 12.2 Å². The number of carboxylic acid groups (broad SMARTS) is 1. The standard InChI is InChI=1S/C8H13N3O4/c1-3-5(15-2)7-9-10-8(14)11(7)4-6(12)13/h5H,3-4H2,1-2H3,(H,10,14)(H,12,13)/t5-/m0/s1. The number of rotatable bonds is 5. The molecule has 15 heavy (non-hydrogen) atoms. The topological polar surface area (TPSA) is 97.2 Å². The molecule has 1 rings (SSSR count). The zero-order chi connectivity index (χ0) is 11.4. The van der Waals surface area contributed by atoms with Gasteiger partial charge in [-0.05, 0) is 6.42 Å². The van der Waals surface area contributed by atoms with Gasteiger partial charge in [0.25, 0.3) is 0 Å². The van der Waals surface area contributed by atoms with Crippen molar-refractivity contribution in [1.82, 2.24) is 14.8 Å². The van der Waals surface area contributed by atoms with Gasteiger partial charge in [-0.15, -0.1) is 0 Å². The van der Waals surface area contributed by atoms with Gasteiger partial charge in [0.15, 0.2) is 5.82 Å². The molecule has 7 heteroatoms. The number of methoxy groups -OCH3 is 1. The Morgan fingerprint density at radius 3 is 2.87 bits per heavy atom. The highest BCUT2D eigenvalue weighted by Crippen LogP contribution is 2.15. The number of H-pyrrole nitrogens is 1. The van der Waals surface area contributed by atoms with Gasteiger partial charge in [0.2, 0.25) is 0 Å². The minimum Gasteiger partial charge on any atom is -0.480 e. The van der Waals surface area contributed by atoms with Crippen LogP contribution in [-0.2, 0) is 16.1 Å². The number of hydrogen-bond acceptors (Lipinski definition) is 4. The number of carboxylic acids is 1. The molecule has 1 heterocycles. The number of ether oxygens (including phenoxy) is 1. The van der Waals surface area contributed by atoms with Crippen LogP contribution in [0.25, 0.3) is 0 Å². The first-order valence-electron chi connectivity index (χ1n) is 4.49. The quantitative estimate of drug-likeness (QED) is 0.706. The van der Waals surface area contributed by atoms with Crippen molar-refractivity contribution in [3.8, 4) is 0 Å². The molecule has 0 unspecified atom stereocenters. The average Bonchev–Trinajstić information content (AvgIpc) is 2.51. The Bertz CT molecular complexity index is 391. The van der Waals surface area contributed by atoms with Gasteiger partial charge >= 0.3 is 11.7 Å². The minimum absolute atomic E-state index is 0.312. The first-order chi connectivity index (χ1) is 7.10. The normalized spacial score (nSPS) is 12.7. The summed E-state index contributed by atoms with van der Waals surface area (Å²) in [7, 11) is 1.48. The van der Waals surface area contributed by atoms with Gasteiger partial charge < -0.3 is 9.84 Å². The highest BCUT2D eigenvalue weighted by Gasteiger charge is 2.18. The molecule has 0 saturated carbocycles. The van der Waals surface area contributed by atoms with Crippen molar-refractivity contribution in [3.05, 3.63) is 16.3 Å². The molecule has 0 aromatic carbocycles. The number of aromatic amines is 1. The Morgan fingerprint density at radius 2 is 2.40 bits per heavy atom. The lowest BCUT2D eigenvalue weighted by atomic mass is 10.2. The Labute approximate surface area is 85.7 Å². The first-order valence-corrected chi connectivity index (χ1v) is 4.49. The molecular formula is C8H13N3O4. The molecule has 0 aliphatic heterocycles. The van der Waals surface area contributed by atoms with Crippen LogP contribution in [0.5, 0.6) is 0 Å². The second-order valence-corrected chi connectivity index (χ2v) is 3.00. The molecule has 1 atom stereocenters. The molecule has 0 aliphatic rings. The fourth-order valence-corrected chi connectivity index (χ4v) is 1.32. The van der Waals surface area contributed by atoms with Crippen LogP contribution >= 0.6 is 0 Å². The summed E-state index contributed by atoms with van der Waals surface area (Å²) in [6, 6.07) is 0. The van der Waals surface area contributed by atoms with Gasteiger partial charge in [-0.3, -0.25) is 9.36 Å². The number of nitrogens with zero attached hydrogens (tertiary/aromatic N) is 2. The second-order valence-electron chi connectivity index (χ2n) is 3.00. The maximum Gasteiger partial charge on any atom is 0.343 e. The lowest BCUT2D eigenvalue weighted by molar-refractivity contribution is -0.137. The highest BCUT2D eigenvalue weighted by molar-refractivity contribution is 5.66. The lowest BCUT2D eigenvalue weighted by Crippen LogP contribution is -2.24. The molecule has 0 spiro atoms. The predicted octanol–water partition coefficient (Wildman–Crippen LogP) is -0.246. The van der Waals surface area contributed by atoms with E-state index in [4.69, 9.17) is 9.84 Å². The molecule has 84 valence electrons. The molecule has 7 nitrogen and oxygen atoms in total. The Hall–Kier alpha value is -1.63. The molecule has 1 aromatic rings. The van der Waals surface area contributed by atoms with E-state index in [1.807, 2.05) is 6.92 Å². The van der Waals surface area contributed by atoms with E-state index in [-0.39, 0.29) is 6.10 Å². The SMILES string of the molecule is CC[C@H](OC)c1n[nH]c(=O)n1CC(=O)O. The number of aromatic nitrogens is 3. The number of carbonyl (C=O) groups is 1. The maximum absolute atomic E-state index is 11.2. The molecule has 0 fully saturated rings. The molecule has 0 amide bonds. The summed E-state index contributed by atoms with van der Waals surface area (Å²) in [5.41, 5.74) is -0.539. The number of aliphatic carboxylic acids is 1. The van der Waals surface area contributed by atoms with Crippen LogP contribution in [0.1, 0.15) is 25.3 Å². The van der Waals surface area contributed by atoms with Gasteiger partial charge in [0.05, 0.1) is 0 Å². The van der Waals surface area contributed by atoms with E-state index in [2.05, 4.69) is 10.2 Å². The van der Waals surface area contributed by atoms with E-state index < -0.39 is 18.2 Å². The van der Waals surface area contributed by atoms with Crippen LogP contribution in [0.3, 0.4) is 0 Å². The molecule has 0 saturated heterocycles. The Balaban J connectivity index is 3.07. The fourth-order valence-electron chi connectivity index (χ4n) is 1.32. The fraction of sp³-hybridized carbons (Fsp3) is 0.625. The van der Waals surface area contributed by atoms with Gasteiger partial charge in [0.1, 0.15) is 12.6 Å². The largest absolute Gasteiger partial charge is 0.480 e. The summed E-state index contributed by atoms with van der Waals surface area (Å²) < 4.78 is 6.14. The molecule has 2 N–H and O–H groups in total. The van der Waals surface area contributed by atoms with Crippen LogP contribution in [0.2, 0.25) is 0 Å². The summed E-state index contributed by atoms with van der Waals surface area (Å²) in [6.45, 7) is 1.45. The van der Waals surface area contributed by atoms with E-state index in [0.717, 1.165) is 4.57 Å². The smallest absolute Gasteiger partial charge is 0.343 e. The summed E-state index contributed by atoms with van der Waals surface area (Å²) in [4.78, 5) is 21.8. The summed E-state index contributed by atoms with van der Waals surface area (Å²) in [5, 5.41) is 14.6. The van der Waals surface area contributed by atoms with E-state index in [9.17, 15) is 9.59 Å². The number of hydrogen-bond donors (Lipinski definition) is 2. The zero-order valence-corrected chi connectivity index (χ0v) is 8.56. The Kier molecular flexibility index (Phi) is 3.62. The van der Waals surface area contributed by atoms with Gasteiger partial charge in [-0.25, -0.2) is 9.89 Å². The van der Waals surface area contributed by atoms with Crippen LogP contribution < -0.4 is 5.69 Å². The van der Waals surface area contributed by atoms with Crippen molar-refractivity contribution in [2.75, 3.05) is 7.11 Å². The predicted molar refractivity (Wildman–Crippen MR) is 50.5 cm³/mol. The molecule has 0 radical (unpaired) electrons. The van der Waals surface area contributed by atoms with Crippen molar-refractivity contribution in [2.24, 2.45) is 0 Å². The maximum atomic E-state index is 11.2. The van der Waals surface area contributed by atoms with Crippen LogP contribution in [0, 0.1) is 0 Å². The molecule has 0 aliphatic carbocycles. The summed E-state index contributed by atoms with van der Waals surface area (Å²) in [5.74, 6) is -0.780. The first kappa shape index (κ1) is 11.4.